The molecular formula is C17H24N4O4. The molecule has 1 aromatic heterocycles. The highest BCUT2D eigenvalue weighted by molar-refractivity contribution is 5.89. The van der Waals surface area contributed by atoms with Crippen LogP contribution in [0.4, 0.5) is 10.5 Å². The molecule has 8 nitrogen and oxygen atoms in total. The summed E-state index contributed by atoms with van der Waals surface area (Å²) >= 11 is 0. The van der Waals surface area contributed by atoms with Crippen LogP contribution >= 0.6 is 0 Å². The van der Waals surface area contributed by atoms with E-state index in [0.717, 1.165) is 5.56 Å². The first kappa shape index (κ1) is 18.6. The molecule has 1 heterocycles. The van der Waals surface area contributed by atoms with Crippen LogP contribution in [-0.2, 0) is 11.3 Å². The van der Waals surface area contributed by atoms with Crippen molar-refractivity contribution in [3.63, 3.8) is 0 Å². The van der Waals surface area contributed by atoms with Gasteiger partial charge in [0.2, 0.25) is 0 Å². The molecule has 2 N–H and O–H groups in total. The van der Waals surface area contributed by atoms with Gasteiger partial charge < -0.3 is 24.8 Å². The van der Waals surface area contributed by atoms with Gasteiger partial charge in [-0.2, -0.15) is 5.10 Å². The summed E-state index contributed by atoms with van der Waals surface area (Å²) in [6.07, 6.45) is 3.34. The highest BCUT2D eigenvalue weighted by Gasteiger charge is 2.15. The van der Waals surface area contributed by atoms with Crippen molar-refractivity contribution in [2.24, 2.45) is 0 Å². The standard InChI is InChI=1S/C17H24N4O4/c1-12(15-6-5-14(24-3)9-16(15)25-4)19-17(22)20-13-10-18-21(11-13)7-8-23-2/h5-6,9-12H,7-8H2,1-4H3,(H2,19,20,22). The summed E-state index contributed by atoms with van der Waals surface area (Å²) in [6, 6.07) is 4.91. The number of benzene rings is 1. The van der Waals surface area contributed by atoms with E-state index in [2.05, 4.69) is 15.7 Å². The Labute approximate surface area is 147 Å². The van der Waals surface area contributed by atoms with Gasteiger partial charge in [-0.3, -0.25) is 4.68 Å². The maximum atomic E-state index is 12.2. The molecule has 2 amide bonds. The quantitative estimate of drug-likeness (QED) is 0.765. The SMILES string of the molecule is COCCn1cc(NC(=O)NC(C)c2ccc(OC)cc2OC)cn1. The van der Waals surface area contributed by atoms with Crippen LogP contribution in [0.2, 0.25) is 0 Å². The van der Waals surface area contributed by atoms with E-state index >= 15 is 0 Å². The minimum Gasteiger partial charge on any atom is -0.497 e. The maximum absolute atomic E-state index is 12.2. The molecule has 2 rings (SSSR count). The van der Waals surface area contributed by atoms with E-state index in [0.29, 0.717) is 30.3 Å². The van der Waals surface area contributed by atoms with Gasteiger partial charge in [-0.1, -0.05) is 0 Å². The van der Waals surface area contributed by atoms with Gasteiger partial charge in [0.25, 0.3) is 0 Å². The highest BCUT2D eigenvalue weighted by atomic mass is 16.5. The minimum atomic E-state index is -0.323. The van der Waals surface area contributed by atoms with E-state index in [9.17, 15) is 4.79 Å². The predicted octanol–water partition coefficient (Wildman–Crippen LogP) is 2.43. The summed E-state index contributed by atoms with van der Waals surface area (Å²) < 4.78 is 17.3. The van der Waals surface area contributed by atoms with Crippen molar-refractivity contribution in [2.45, 2.75) is 19.5 Å². The number of nitrogens with one attached hydrogen (secondary N) is 2. The zero-order valence-electron chi connectivity index (χ0n) is 14.9. The van der Waals surface area contributed by atoms with E-state index < -0.39 is 0 Å². The van der Waals surface area contributed by atoms with Gasteiger partial charge in [0.1, 0.15) is 11.5 Å². The van der Waals surface area contributed by atoms with Gasteiger partial charge in [0, 0.05) is 24.9 Å². The Morgan fingerprint density at radius 1 is 1.28 bits per heavy atom. The molecule has 0 aliphatic heterocycles. The zero-order chi connectivity index (χ0) is 18.2. The molecule has 0 saturated carbocycles. The summed E-state index contributed by atoms with van der Waals surface area (Å²) in [5.41, 5.74) is 1.47. The molecule has 8 heteroatoms. The molecule has 0 aliphatic rings. The van der Waals surface area contributed by atoms with Gasteiger partial charge >= 0.3 is 6.03 Å². The third-order valence-corrected chi connectivity index (χ3v) is 3.67. The number of nitrogens with zero attached hydrogens (tertiary/aromatic N) is 2. The van der Waals surface area contributed by atoms with Gasteiger partial charge in [-0.15, -0.1) is 0 Å². The number of urea groups is 1. The van der Waals surface area contributed by atoms with Crippen molar-refractivity contribution in [3.8, 4) is 11.5 Å². The molecule has 136 valence electrons. The fourth-order valence-electron chi connectivity index (χ4n) is 2.35. The summed E-state index contributed by atoms with van der Waals surface area (Å²) in [5, 5.41) is 9.79. The number of rotatable bonds is 8. The molecule has 0 radical (unpaired) electrons. The van der Waals surface area contributed by atoms with Gasteiger partial charge in [0.05, 0.1) is 45.3 Å². The molecular weight excluding hydrogens is 324 g/mol. The Morgan fingerprint density at radius 2 is 2.08 bits per heavy atom. The summed E-state index contributed by atoms with van der Waals surface area (Å²) in [5.74, 6) is 1.35. The minimum absolute atomic E-state index is 0.246. The molecule has 1 unspecified atom stereocenters. The van der Waals surface area contributed by atoms with Crippen LogP contribution in [0.1, 0.15) is 18.5 Å². The van der Waals surface area contributed by atoms with Crippen LogP contribution in [0.5, 0.6) is 11.5 Å². The van der Waals surface area contributed by atoms with Crippen molar-refractivity contribution in [1.29, 1.82) is 0 Å². The van der Waals surface area contributed by atoms with Crippen LogP contribution in [0, 0.1) is 0 Å². The molecule has 2 aromatic rings. The number of anilines is 1. The second kappa shape index (κ2) is 8.93. The number of hydrogen-bond donors (Lipinski definition) is 2. The van der Waals surface area contributed by atoms with Gasteiger partial charge in [-0.25, -0.2) is 4.79 Å². The van der Waals surface area contributed by atoms with Crippen molar-refractivity contribution in [3.05, 3.63) is 36.2 Å². The number of aromatic nitrogens is 2. The molecule has 0 saturated heterocycles. The molecule has 1 atom stereocenters. The normalized spacial score (nSPS) is 11.7. The molecule has 1 aromatic carbocycles. The smallest absolute Gasteiger partial charge is 0.319 e. The molecule has 25 heavy (non-hydrogen) atoms. The lowest BCUT2D eigenvalue weighted by atomic mass is 10.1. The highest BCUT2D eigenvalue weighted by Crippen LogP contribution is 2.29. The number of amides is 2. The Bertz CT molecular complexity index is 702. The van der Waals surface area contributed by atoms with E-state index in [1.54, 1.807) is 44.5 Å². The number of carbonyl (C=O) groups is 1. The molecule has 0 fully saturated rings. The summed E-state index contributed by atoms with van der Waals surface area (Å²) in [4.78, 5) is 12.2. The van der Waals surface area contributed by atoms with Crippen LogP contribution in [0.3, 0.4) is 0 Å². The zero-order valence-corrected chi connectivity index (χ0v) is 14.9. The first-order chi connectivity index (χ1) is 12.1. The van der Waals surface area contributed by atoms with Gasteiger partial charge in [-0.05, 0) is 19.1 Å². The third kappa shape index (κ3) is 5.12. The van der Waals surface area contributed by atoms with Crippen molar-refractivity contribution >= 4 is 11.7 Å². The average Bonchev–Trinajstić information content (AvgIpc) is 3.06. The Kier molecular flexibility index (Phi) is 6.64. The fraction of sp³-hybridized carbons (Fsp3) is 0.412. The van der Waals surface area contributed by atoms with E-state index in [1.807, 2.05) is 19.1 Å². The van der Waals surface area contributed by atoms with Crippen LogP contribution in [0.15, 0.2) is 30.6 Å². The predicted molar refractivity (Wildman–Crippen MR) is 94.2 cm³/mol. The van der Waals surface area contributed by atoms with Crippen molar-refractivity contribution in [2.75, 3.05) is 33.3 Å². The first-order valence-corrected chi connectivity index (χ1v) is 7.88. The number of hydrogen-bond acceptors (Lipinski definition) is 5. The second-order valence-electron chi connectivity index (χ2n) is 5.41. The van der Waals surface area contributed by atoms with Crippen molar-refractivity contribution < 1.29 is 19.0 Å². The van der Waals surface area contributed by atoms with Crippen molar-refractivity contribution in [1.82, 2.24) is 15.1 Å². The van der Waals surface area contributed by atoms with Crippen LogP contribution < -0.4 is 20.1 Å². The number of ether oxygens (including phenoxy) is 3. The van der Waals surface area contributed by atoms with E-state index in [-0.39, 0.29) is 12.1 Å². The summed E-state index contributed by atoms with van der Waals surface area (Å²) in [7, 11) is 4.81. The molecule has 0 aliphatic carbocycles. The molecule has 0 spiro atoms. The van der Waals surface area contributed by atoms with Crippen LogP contribution in [0.25, 0.3) is 0 Å². The second-order valence-corrected chi connectivity index (χ2v) is 5.41. The largest absolute Gasteiger partial charge is 0.497 e. The lowest BCUT2D eigenvalue weighted by Gasteiger charge is -2.18. The van der Waals surface area contributed by atoms with Crippen LogP contribution in [-0.4, -0.2) is 43.7 Å². The summed E-state index contributed by atoms with van der Waals surface area (Å²) in [6.45, 7) is 3.06. The monoisotopic (exact) mass is 348 g/mol. The average molecular weight is 348 g/mol. The molecule has 0 bridgehead atoms. The fourth-order valence-corrected chi connectivity index (χ4v) is 2.35. The Morgan fingerprint density at radius 3 is 2.76 bits per heavy atom. The Hall–Kier alpha value is -2.74. The topological polar surface area (TPSA) is 86.6 Å². The third-order valence-electron chi connectivity index (χ3n) is 3.67. The maximum Gasteiger partial charge on any atom is 0.319 e. The number of methoxy groups -OCH3 is 3. The van der Waals surface area contributed by atoms with E-state index in [1.165, 1.54) is 0 Å². The van der Waals surface area contributed by atoms with E-state index in [4.69, 9.17) is 14.2 Å². The lowest BCUT2D eigenvalue weighted by Crippen LogP contribution is -2.31. The lowest BCUT2D eigenvalue weighted by molar-refractivity contribution is 0.183. The number of carbonyl (C=O) groups excluding carboxylic acids is 1. The van der Waals surface area contributed by atoms with Gasteiger partial charge in [0.15, 0.2) is 0 Å². The first-order valence-electron chi connectivity index (χ1n) is 7.88. The Balaban J connectivity index is 1.97.